The molecular formula is C15H39BiN4Si3. The quantitative estimate of drug-likeness (QED) is 0.486. The van der Waals surface area contributed by atoms with E-state index < -0.39 is 47.3 Å². The Morgan fingerprint density at radius 2 is 0.739 bits per heavy atom. The van der Waals surface area contributed by atoms with Crippen LogP contribution < -0.4 is 0 Å². The van der Waals surface area contributed by atoms with E-state index in [1.54, 1.807) is 0 Å². The number of fused-ring (bicyclic) bond motifs is 6. The van der Waals surface area contributed by atoms with Crippen molar-refractivity contribution in [1.82, 2.24) is 12.4 Å². The van der Waals surface area contributed by atoms with Crippen molar-refractivity contribution < 1.29 is 0 Å². The summed E-state index contributed by atoms with van der Waals surface area (Å²) in [5.74, 6) is 0. The molecule has 0 N–H and O–H groups in total. The molecule has 3 aliphatic rings. The first-order valence-electron chi connectivity index (χ1n) is 9.17. The first kappa shape index (κ1) is 20.7. The molecule has 4 nitrogen and oxygen atoms in total. The standard InChI is InChI=1S/C15H39N4Si3.Bi/c1-20(2,3)16-10-13-19(14-11-17-21(4,5)6)15-12-18-22(7,8)9;/h10-15H2,1-9H3;/q-3;+3. The molecule has 0 aromatic heterocycles. The molecule has 23 heavy (non-hydrogen) atoms. The van der Waals surface area contributed by atoms with E-state index >= 15 is 0 Å². The van der Waals surface area contributed by atoms with Gasteiger partial charge < -0.3 is 0 Å². The van der Waals surface area contributed by atoms with Gasteiger partial charge in [-0.1, -0.05) is 0 Å². The van der Waals surface area contributed by atoms with Crippen molar-refractivity contribution in [2.45, 2.75) is 58.9 Å². The van der Waals surface area contributed by atoms with Gasteiger partial charge in [0.2, 0.25) is 0 Å². The monoisotopic (exact) mass is 568 g/mol. The van der Waals surface area contributed by atoms with Gasteiger partial charge in [0.25, 0.3) is 0 Å². The van der Waals surface area contributed by atoms with Crippen molar-refractivity contribution in [3.8, 4) is 0 Å². The zero-order valence-electron chi connectivity index (χ0n) is 17.0. The molecule has 8 heteroatoms. The van der Waals surface area contributed by atoms with Gasteiger partial charge in [0.15, 0.2) is 0 Å². The summed E-state index contributed by atoms with van der Waals surface area (Å²) in [6.45, 7) is 31.3. The van der Waals surface area contributed by atoms with Gasteiger partial charge in [-0.05, 0) is 0 Å². The van der Waals surface area contributed by atoms with E-state index in [2.05, 4.69) is 71.4 Å². The molecule has 0 saturated carbocycles. The summed E-state index contributed by atoms with van der Waals surface area (Å²) in [6, 6.07) is 0. The van der Waals surface area contributed by atoms with Crippen LogP contribution in [0, 0.1) is 0 Å². The normalized spacial score (nSPS) is 25.4. The van der Waals surface area contributed by atoms with Gasteiger partial charge in [0.05, 0.1) is 0 Å². The molecule has 0 aromatic rings. The summed E-state index contributed by atoms with van der Waals surface area (Å²) in [4.78, 5) is 2.76. The maximum absolute atomic E-state index is 3.14. The van der Waals surface area contributed by atoms with Gasteiger partial charge in [-0.3, -0.25) is 0 Å². The number of hydrogen-bond donors (Lipinski definition) is 0. The Balaban J connectivity index is 2.53. The topological polar surface area (TPSA) is 13.0 Å². The second-order valence-electron chi connectivity index (χ2n) is 9.99. The van der Waals surface area contributed by atoms with E-state index in [4.69, 9.17) is 0 Å². The Kier molecular flexibility index (Phi) is 6.45. The zero-order valence-corrected chi connectivity index (χ0v) is 23.5. The fraction of sp³-hybridized carbons (Fsp3) is 1.00. The molecule has 0 atom stereocenters. The molecule has 0 amide bonds. The summed E-state index contributed by atoms with van der Waals surface area (Å²) in [6.07, 6.45) is 0. The summed E-state index contributed by atoms with van der Waals surface area (Å²) < 4.78 is 9.43. The minimum atomic E-state index is -2.06. The predicted molar refractivity (Wildman–Crippen MR) is 112 cm³/mol. The van der Waals surface area contributed by atoms with Crippen LogP contribution in [0.25, 0.3) is 0 Å². The molecule has 3 heterocycles. The SMILES string of the molecule is C[Si](C)(C)[N]1CCN2CC[N]([Si](C)(C)C)[Bi]1[N]([Si](C)(C)C)CC2. The van der Waals surface area contributed by atoms with E-state index in [1.165, 1.54) is 39.3 Å². The second-order valence-corrected chi connectivity index (χ2v) is 36.9. The fourth-order valence-electron chi connectivity index (χ4n) is 3.51. The van der Waals surface area contributed by atoms with Crippen LogP contribution in [0.2, 0.25) is 58.9 Å². The molecule has 0 spiro atoms. The van der Waals surface area contributed by atoms with Crippen LogP contribution in [-0.4, -0.2) is 99.0 Å². The molecule has 2 bridgehead atoms. The Morgan fingerprint density at radius 3 is 0.957 bits per heavy atom. The van der Waals surface area contributed by atoms with Crippen LogP contribution in [0.4, 0.5) is 0 Å². The van der Waals surface area contributed by atoms with E-state index in [0.29, 0.717) is 0 Å². The molecule has 3 rings (SSSR count). The molecule has 3 fully saturated rings. The van der Waals surface area contributed by atoms with Crippen molar-refractivity contribution in [3.63, 3.8) is 0 Å². The van der Waals surface area contributed by atoms with Crippen LogP contribution >= 0.6 is 0 Å². The minimum absolute atomic E-state index is 1.27. The first-order valence-corrected chi connectivity index (χ1v) is 24.2. The molecule has 0 radical (unpaired) electrons. The first-order chi connectivity index (χ1) is 10.3. The molecule has 0 unspecified atom stereocenters. The third-order valence-electron chi connectivity index (χ3n) is 4.85. The van der Waals surface area contributed by atoms with Crippen molar-refractivity contribution in [2.24, 2.45) is 0 Å². The number of nitrogens with zero attached hydrogens (tertiary/aromatic N) is 4. The van der Waals surface area contributed by atoms with Crippen LogP contribution in [-0.2, 0) is 0 Å². The van der Waals surface area contributed by atoms with Gasteiger partial charge in [0, 0.05) is 0 Å². The van der Waals surface area contributed by atoms with Crippen LogP contribution in [0.5, 0.6) is 0 Å². The molecule has 0 aliphatic carbocycles. The van der Waals surface area contributed by atoms with Crippen molar-refractivity contribution in [1.29, 1.82) is 0 Å². The van der Waals surface area contributed by atoms with Crippen LogP contribution in [0.1, 0.15) is 0 Å². The molecule has 0 aromatic carbocycles. The number of hydrogen-bond acceptors (Lipinski definition) is 4. The summed E-state index contributed by atoms with van der Waals surface area (Å²) in [7, 11) is -3.82. The van der Waals surface area contributed by atoms with Gasteiger partial charge in [-0.15, -0.1) is 0 Å². The van der Waals surface area contributed by atoms with E-state index in [9.17, 15) is 0 Å². The Morgan fingerprint density at radius 1 is 0.478 bits per heavy atom. The summed E-state index contributed by atoms with van der Waals surface area (Å²) in [5, 5.41) is 0. The average molecular weight is 569 g/mol. The zero-order chi connectivity index (χ0) is 17.6. The van der Waals surface area contributed by atoms with E-state index in [0.717, 1.165) is 0 Å². The predicted octanol–water partition coefficient (Wildman–Crippen LogP) is 2.71. The molecule has 3 saturated heterocycles. The van der Waals surface area contributed by atoms with E-state index in [1.807, 2.05) is 0 Å². The molecule has 136 valence electrons. The molecule has 3 aliphatic heterocycles. The third kappa shape index (κ3) is 4.97. The van der Waals surface area contributed by atoms with Gasteiger partial charge >= 0.3 is 158 Å². The second kappa shape index (κ2) is 7.18. The maximum atomic E-state index is 3.14. The third-order valence-corrected chi connectivity index (χ3v) is 43.2. The Bertz CT molecular complexity index is 355. The number of rotatable bonds is 3. The Labute approximate surface area is 157 Å². The fourth-order valence-corrected chi connectivity index (χ4v) is 40.4. The van der Waals surface area contributed by atoms with Gasteiger partial charge in [-0.25, -0.2) is 0 Å². The van der Waals surface area contributed by atoms with Gasteiger partial charge in [-0.2, -0.15) is 0 Å². The van der Waals surface area contributed by atoms with Crippen LogP contribution in [0.3, 0.4) is 0 Å². The summed E-state index contributed by atoms with van der Waals surface area (Å²) in [5.41, 5.74) is 0. The van der Waals surface area contributed by atoms with Crippen LogP contribution in [0.15, 0.2) is 0 Å². The average Bonchev–Trinajstić information content (AvgIpc) is 2.19. The van der Waals surface area contributed by atoms with Crippen molar-refractivity contribution >= 4 is 47.3 Å². The summed E-state index contributed by atoms with van der Waals surface area (Å²) >= 11 is -2.06. The molecular weight excluding hydrogens is 529 g/mol. The Hall–Kier alpha value is 1.37. The van der Waals surface area contributed by atoms with Crippen molar-refractivity contribution in [2.75, 3.05) is 39.3 Å². The van der Waals surface area contributed by atoms with Crippen molar-refractivity contribution in [3.05, 3.63) is 0 Å². The van der Waals surface area contributed by atoms with E-state index in [-0.39, 0.29) is 0 Å². The van der Waals surface area contributed by atoms with Gasteiger partial charge in [0.1, 0.15) is 0 Å².